The van der Waals surface area contributed by atoms with Crippen molar-refractivity contribution in [3.05, 3.63) is 12.2 Å². The van der Waals surface area contributed by atoms with Crippen LogP contribution in [0, 0.1) is 11.8 Å². The number of ether oxygens (including phenoxy) is 2. The molecule has 0 N–H and O–H groups in total. The van der Waals surface area contributed by atoms with Crippen LogP contribution in [0.15, 0.2) is 12.2 Å². The minimum absolute atomic E-state index is 0.470. The Morgan fingerprint density at radius 1 is 0.679 bits per heavy atom. The van der Waals surface area contributed by atoms with Gasteiger partial charge < -0.3 is 9.47 Å². The molecule has 0 aromatic rings. The fourth-order valence-electron chi connectivity index (χ4n) is 5.01. The second-order valence-corrected chi connectivity index (χ2v) is 10.1. The molecular formula is C24H40O4. The van der Waals surface area contributed by atoms with Crippen molar-refractivity contribution in [1.82, 2.24) is 0 Å². The minimum atomic E-state index is -0.506. The standard InChI is InChI=1S/C24H40O4/c1-23(2,17-19-11-7-5-8-12-19)27-21(25)15-16-22(26)28-24(3,4)18-20-13-9-6-10-14-20/h15-16,19-20H,5-14,17-18H2,1-4H3/b16-15+. The molecule has 0 aromatic carbocycles. The van der Waals surface area contributed by atoms with Crippen molar-refractivity contribution in [2.24, 2.45) is 11.8 Å². The first-order chi connectivity index (χ1) is 13.2. The molecule has 2 rings (SSSR count). The molecule has 4 heteroatoms. The van der Waals surface area contributed by atoms with Gasteiger partial charge in [0.05, 0.1) is 0 Å². The van der Waals surface area contributed by atoms with Crippen LogP contribution in [0.2, 0.25) is 0 Å². The number of carbonyl (C=O) groups is 2. The van der Waals surface area contributed by atoms with Gasteiger partial charge in [0.15, 0.2) is 0 Å². The van der Waals surface area contributed by atoms with Crippen molar-refractivity contribution in [3.8, 4) is 0 Å². The fourth-order valence-corrected chi connectivity index (χ4v) is 5.01. The number of rotatable bonds is 8. The van der Waals surface area contributed by atoms with Crippen LogP contribution in [-0.4, -0.2) is 23.1 Å². The molecule has 0 amide bonds. The molecule has 0 radical (unpaired) electrons. The lowest BCUT2D eigenvalue weighted by atomic mass is 9.82. The molecule has 0 bridgehead atoms. The summed E-state index contributed by atoms with van der Waals surface area (Å²) in [6.07, 6.45) is 16.8. The van der Waals surface area contributed by atoms with Crippen molar-refractivity contribution in [2.75, 3.05) is 0 Å². The van der Waals surface area contributed by atoms with Crippen LogP contribution in [0.4, 0.5) is 0 Å². The van der Waals surface area contributed by atoms with Crippen molar-refractivity contribution >= 4 is 11.9 Å². The molecule has 4 nitrogen and oxygen atoms in total. The number of hydrogen-bond donors (Lipinski definition) is 0. The van der Waals surface area contributed by atoms with E-state index in [1.165, 1.54) is 76.4 Å². The lowest BCUT2D eigenvalue weighted by Gasteiger charge is -2.31. The molecular weight excluding hydrogens is 352 g/mol. The molecule has 2 aliphatic carbocycles. The Hall–Kier alpha value is -1.32. The van der Waals surface area contributed by atoms with Crippen LogP contribution in [0.3, 0.4) is 0 Å². The van der Waals surface area contributed by atoms with E-state index in [1.54, 1.807) is 0 Å². The van der Waals surface area contributed by atoms with E-state index in [-0.39, 0.29) is 0 Å². The fraction of sp³-hybridized carbons (Fsp3) is 0.833. The summed E-state index contributed by atoms with van der Waals surface area (Å²) >= 11 is 0. The molecule has 160 valence electrons. The molecule has 2 aliphatic rings. The predicted octanol–water partition coefficient (Wildman–Crippen LogP) is 6.13. The van der Waals surface area contributed by atoms with Gasteiger partial charge in [-0.3, -0.25) is 0 Å². The predicted molar refractivity (Wildman–Crippen MR) is 112 cm³/mol. The summed E-state index contributed by atoms with van der Waals surface area (Å²) in [5.41, 5.74) is -1.01. The third kappa shape index (κ3) is 8.79. The topological polar surface area (TPSA) is 52.6 Å². The highest BCUT2D eigenvalue weighted by Crippen LogP contribution is 2.33. The van der Waals surface area contributed by atoms with Crippen molar-refractivity contribution in [3.63, 3.8) is 0 Å². The monoisotopic (exact) mass is 392 g/mol. The van der Waals surface area contributed by atoms with Crippen molar-refractivity contribution < 1.29 is 19.1 Å². The highest BCUT2D eigenvalue weighted by molar-refractivity contribution is 5.92. The van der Waals surface area contributed by atoms with E-state index in [4.69, 9.17) is 9.47 Å². The largest absolute Gasteiger partial charge is 0.456 e. The van der Waals surface area contributed by atoms with Gasteiger partial charge in [-0.05, 0) is 52.4 Å². The van der Waals surface area contributed by atoms with Gasteiger partial charge in [-0.25, -0.2) is 9.59 Å². The molecule has 0 aliphatic heterocycles. The Bertz CT molecular complexity index is 487. The highest BCUT2D eigenvalue weighted by atomic mass is 16.6. The molecule has 0 unspecified atom stereocenters. The van der Waals surface area contributed by atoms with Crippen LogP contribution in [0.25, 0.3) is 0 Å². The van der Waals surface area contributed by atoms with E-state index in [1.807, 2.05) is 27.7 Å². The molecule has 0 saturated heterocycles. The Balaban J connectivity index is 1.75. The summed E-state index contributed by atoms with van der Waals surface area (Å²) in [4.78, 5) is 24.3. The van der Waals surface area contributed by atoms with Crippen molar-refractivity contribution in [1.29, 1.82) is 0 Å². The summed E-state index contributed by atoms with van der Waals surface area (Å²) in [7, 11) is 0. The first-order valence-electron chi connectivity index (χ1n) is 11.3. The average Bonchev–Trinajstić information content (AvgIpc) is 2.60. The maximum Gasteiger partial charge on any atom is 0.331 e. The van der Waals surface area contributed by atoms with E-state index in [0.717, 1.165) is 12.8 Å². The number of carbonyl (C=O) groups excluding carboxylic acids is 2. The average molecular weight is 393 g/mol. The van der Waals surface area contributed by atoms with Gasteiger partial charge >= 0.3 is 11.9 Å². The van der Waals surface area contributed by atoms with Gasteiger partial charge in [0.1, 0.15) is 11.2 Å². The Labute approximate surface area is 171 Å². The SMILES string of the molecule is CC(C)(CC1CCCCC1)OC(=O)/C=C/C(=O)OC(C)(C)CC1CCCCC1. The van der Waals surface area contributed by atoms with E-state index >= 15 is 0 Å². The van der Waals surface area contributed by atoms with Crippen LogP contribution in [-0.2, 0) is 19.1 Å². The quantitative estimate of drug-likeness (QED) is 0.368. The normalized spacial score (nSPS) is 20.3. The zero-order valence-corrected chi connectivity index (χ0v) is 18.4. The second-order valence-electron chi connectivity index (χ2n) is 10.1. The first kappa shape index (κ1) is 23.0. The lowest BCUT2D eigenvalue weighted by molar-refractivity contribution is -0.155. The maximum absolute atomic E-state index is 12.2. The second kappa shape index (κ2) is 10.5. The van der Waals surface area contributed by atoms with Crippen LogP contribution < -0.4 is 0 Å². The van der Waals surface area contributed by atoms with Crippen LogP contribution in [0.5, 0.6) is 0 Å². The zero-order valence-electron chi connectivity index (χ0n) is 18.4. The summed E-state index contributed by atoms with van der Waals surface area (Å²) < 4.78 is 11.2. The van der Waals surface area contributed by atoms with E-state index in [9.17, 15) is 9.59 Å². The van der Waals surface area contributed by atoms with E-state index < -0.39 is 23.1 Å². The van der Waals surface area contributed by atoms with Gasteiger partial charge in [0, 0.05) is 12.2 Å². The van der Waals surface area contributed by atoms with Crippen molar-refractivity contribution in [2.45, 2.75) is 116 Å². The number of hydrogen-bond acceptors (Lipinski definition) is 4. The smallest absolute Gasteiger partial charge is 0.331 e. The number of esters is 2. The van der Waals surface area contributed by atoms with Gasteiger partial charge in [-0.1, -0.05) is 64.2 Å². The molecule has 28 heavy (non-hydrogen) atoms. The van der Waals surface area contributed by atoms with Gasteiger partial charge in [0.2, 0.25) is 0 Å². The van der Waals surface area contributed by atoms with Gasteiger partial charge in [-0.15, -0.1) is 0 Å². The molecule has 2 saturated carbocycles. The Morgan fingerprint density at radius 2 is 1.00 bits per heavy atom. The van der Waals surface area contributed by atoms with Crippen LogP contribution >= 0.6 is 0 Å². The van der Waals surface area contributed by atoms with Gasteiger partial charge in [-0.2, -0.15) is 0 Å². The maximum atomic E-state index is 12.2. The molecule has 0 heterocycles. The highest BCUT2D eigenvalue weighted by Gasteiger charge is 2.29. The Kier molecular flexibility index (Phi) is 8.57. The summed E-state index contributed by atoms with van der Waals surface area (Å²) in [5, 5.41) is 0. The summed E-state index contributed by atoms with van der Waals surface area (Å²) in [6.45, 7) is 7.83. The third-order valence-corrected chi connectivity index (χ3v) is 6.12. The Morgan fingerprint density at radius 3 is 1.32 bits per heavy atom. The summed E-state index contributed by atoms with van der Waals surface area (Å²) in [6, 6.07) is 0. The molecule has 2 fully saturated rings. The lowest BCUT2D eigenvalue weighted by Crippen LogP contribution is -2.32. The third-order valence-electron chi connectivity index (χ3n) is 6.12. The zero-order chi connectivity index (χ0) is 20.6. The van der Waals surface area contributed by atoms with E-state index in [0.29, 0.717) is 11.8 Å². The molecule has 0 spiro atoms. The van der Waals surface area contributed by atoms with Crippen LogP contribution in [0.1, 0.15) is 105 Å². The first-order valence-corrected chi connectivity index (χ1v) is 11.3. The minimum Gasteiger partial charge on any atom is -0.456 e. The van der Waals surface area contributed by atoms with E-state index in [2.05, 4.69) is 0 Å². The van der Waals surface area contributed by atoms with Gasteiger partial charge in [0.25, 0.3) is 0 Å². The molecule has 0 atom stereocenters. The summed E-state index contributed by atoms with van der Waals surface area (Å²) in [5.74, 6) is 0.322. The molecule has 0 aromatic heterocycles.